The summed E-state index contributed by atoms with van der Waals surface area (Å²) < 4.78 is 15.8. The molecule has 2 heterocycles. The molecule has 1 aromatic heterocycles. The molecule has 0 bridgehead atoms. The van der Waals surface area contributed by atoms with Gasteiger partial charge in [0.15, 0.2) is 0 Å². The number of anilines is 1. The predicted octanol–water partition coefficient (Wildman–Crippen LogP) is 5.72. The zero-order valence-corrected chi connectivity index (χ0v) is 21.7. The van der Waals surface area contributed by atoms with E-state index in [1.807, 2.05) is 0 Å². The van der Waals surface area contributed by atoms with E-state index >= 15 is 0 Å². The Hall–Kier alpha value is -3.73. The van der Waals surface area contributed by atoms with Crippen molar-refractivity contribution in [3.05, 3.63) is 74.8 Å². The van der Waals surface area contributed by atoms with E-state index in [9.17, 15) is 19.2 Å². The van der Waals surface area contributed by atoms with Gasteiger partial charge >= 0.3 is 5.97 Å². The second kappa shape index (κ2) is 11.1. The smallest absolute Gasteiger partial charge is 0.339 e. The van der Waals surface area contributed by atoms with Gasteiger partial charge in [-0.2, -0.15) is 0 Å². The third kappa shape index (κ3) is 5.82. The molecular weight excluding hydrogens is 543 g/mol. The number of nitrogens with one attached hydrogen (secondary N) is 1. The number of thioether (sulfide) groups is 1. The molecule has 3 amide bonds. The first kappa shape index (κ1) is 26.3. The lowest BCUT2D eigenvalue weighted by Gasteiger charge is -2.13. The Balaban J connectivity index is 1.46. The normalized spacial score (nSPS) is 14.3. The Labute approximate surface area is 225 Å². The molecule has 1 aliphatic rings. The summed E-state index contributed by atoms with van der Waals surface area (Å²) in [6, 6.07) is 12.6. The monoisotopic (exact) mass is 560 g/mol. The van der Waals surface area contributed by atoms with Gasteiger partial charge in [-0.05, 0) is 60.3 Å². The Morgan fingerprint density at radius 1 is 1.08 bits per heavy atom. The SMILES string of the molecule is COC(=O)c1cc(NC(=O)CN2C(=O)S/C(=C/c3ccc(-c4cc(Cl)ccc4OC)o3)C2=O)ccc1Cl. The van der Waals surface area contributed by atoms with Crippen molar-refractivity contribution in [2.45, 2.75) is 0 Å². The van der Waals surface area contributed by atoms with Crippen LogP contribution in [0, 0.1) is 0 Å². The Kier molecular flexibility index (Phi) is 7.91. The number of ether oxygens (including phenoxy) is 2. The quantitative estimate of drug-likeness (QED) is 0.288. The number of hydrogen-bond donors (Lipinski definition) is 1. The van der Waals surface area contributed by atoms with Crippen LogP contribution in [0.4, 0.5) is 10.5 Å². The number of carbonyl (C=O) groups excluding carboxylic acids is 4. The van der Waals surface area contributed by atoms with Gasteiger partial charge in [0.25, 0.3) is 11.1 Å². The van der Waals surface area contributed by atoms with E-state index in [-0.39, 0.29) is 21.2 Å². The highest BCUT2D eigenvalue weighted by atomic mass is 35.5. The number of esters is 1. The second-order valence-corrected chi connectivity index (χ2v) is 9.39. The standard InChI is InChI=1S/C25H18Cl2N2O7S/c1-34-19-7-3-13(26)9-17(19)20-8-5-15(36-20)11-21-23(31)29(25(33)37-21)12-22(30)28-14-4-6-18(27)16(10-14)24(32)35-2/h3-11H,12H2,1-2H3,(H,28,30)/b21-11+. The Morgan fingerprint density at radius 3 is 2.59 bits per heavy atom. The summed E-state index contributed by atoms with van der Waals surface area (Å²) in [6.07, 6.45) is 1.42. The molecule has 0 aliphatic carbocycles. The van der Waals surface area contributed by atoms with Gasteiger partial charge in [-0.25, -0.2) is 4.79 Å². The Bertz CT molecular complexity index is 1450. The fourth-order valence-corrected chi connectivity index (χ4v) is 4.61. The van der Waals surface area contributed by atoms with Crippen molar-refractivity contribution in [1.29, 1.82) is 0 Å². The highest BCUT2D eigenvalue weighted by Gasteiger charge is 2.36. The lowest BCUT2D eigenvalue weighted by atomic mass is 10.1. The zero-order chi connectivity index (χ0) is 26.7. The van der Waals surface area contributed by atoms with Crippen molar-refractivity contribution >= 4 is 69.8 Å². The highest BCUT2D eigenvalue weighted by Crippen LogP contribution is 2.36. The molecule has 190 valence electrons. The van der Waals surface area contributed by atoms with Gasteiger partial charge in [0.05, 0.1) is 35.3 Å². The van der Waals surface area contributed by atoms with E-state index in [1.54, 1.807) is 30.3 Å². The minimum absolute atomic E-state index is 0.0595. The van der Waals surface area contributed by atoms with E-state index in [0.29, 0.717) is 39.6 Å². The third-order valence-corrected chi connectivity index (χ3v) is 6.63. The maximum atomic E-state index is 12.8. The molecule has 12 heteroatoms. The van der Waals surface area contributed by atoms with E-state index in [0.717, 1.165) is 4.90 Å². The molecule has 4 rings (SSSR count). The van der Waals surface area contributed by atoms with Crippen LogP contribution < -0.4 is 10.1 Å². The van der Waals surface area contributed by atoms with Crippen molar-refractivity contribution in [3.8, 4) is 17.1 Å². The number of hydrogen-bond acceptors (Lipinski definition) is 8. The van der Waals surface area contributed by atoms with Gasteiger partial charge in [0.1, 0.15) is 23.8 Å². The first-order valence-corrected chi connectivity index (χ1v) is 12.1. The van der Waals surface area contributed by atoms with Crippen LogP contribution in [-0.4, -0.2) is 48.7 Å². The summed E-state index contributed by atoms with van der Waals surface area (Å²) in [5.74, 6) is -0.630. The molecule has 0 spiro atoms. The summed E-state index contributed by atoms with van der Waals surface area (Å²) in [4.78, 5) is 50.5. The van der Waals surface area contributed by atoms with Crippen LogP contribution >= 0.6 is 35.0 Å². The van der Waals surface area contributed by atoms with E-state index in [1.165, 1.54) is 38.5 Å². The van der Waals surface area contributed by atoms with Gasteiger partial charge < -0.3 is 19.2 Å². The largest absolute Gasteiger partial charge is 0.496 e. The fourth-order valence-electron chi connectivity index (χ4n) is 3.43. The molecule has 9 nitrogen and oxygen atoms in total. The molecule has 1 N–H and O–H groups in total. The number of rotatable bonds is 7. The molecule has 1 fully saturated rings. The van der Waals surface area contributed by atoms with Crippen LogP contribution in [0.15, 0.2) is 57.9 Å². The highest BCUT2D eigenvalue weighted by molar-refractivity contribution is 8.18. The van der Waals surface area contributed by atoms with E-state index in [4.69, 9.17) is 32.4 Å². The van der Waals surface area contributed by atoms with E-state index < -0.39 is 29.6 Å². The molecule has 3 aromatic rings. The topological polar surface area (TPSA) is 115 Å². The summed E-state index contributed by atoms with van der Waals surface area (Å²) in [5, 5.41) is 2.57. The minimum Gasteiger partial charge on any atom is -0.496 e. The number of benzene rings is 2. The zero-order valence-electron chi connectivity index (χ0n) is 19.4. The van der Waals surface area contributed by atoms with E-state index in [2.05, 4.69) is 10.1 Å². The summed E-state index contributed by atoms with van der Waals surface area (Å²) in [5.41, 5.74) is 0.929. The number of imide groups is 1. The molecule has 0 saturated carbocycles. The average molecular weight is 561 g/mol. The van der Waals surface area contributed by atoms with Crippen molar-refractivity contribution in [2.24, 2.45) is 0 Å². The maximum absolute atomic E-state index is 12.8. The molecule has 1 saturated heterocycles. The van der Waals surface area contributed by atoms with Crippen molar-refractivity contribution < 1.29 is 33.1 Å². The van der Waals surface area contributed by atoms with Crippen LogP contribution in [0.2, 0.25) is 10.0 Å². The van der Waals surface area contributed by atoms with Crippen molar-refractivity contribution in [3.63, 3.8) is 0 Å². The molecule has 0 unspecified atom stereocenters. The lowest BCUT2D eigenvalue weighted by molar-refractivity contribution is -0.127. The number of halogens is 2. The fraction of sp³-hybridized carbons (Fsp3) is 0.120. The number of methoxy groups -OCH3 is 2. The van der Waals surface area contributed by atoms with Gasteiger partial charge in [-0.15, -0.1) is 0 Å². The molecule has 2 aromatic carbocycles. The third-order valence-electron chi connectivity index (χ3n) is 5.16. The van der Waals surface area contributed by atoms with Crippen LogP contribution in [-0.2, 0) is 14.3 Å². The van der Waals surface area contributed by atoms with Crippen LogP contribution in [0.1, 0.15) is 16.1 Å². The van der Waals surface area contributed by atoms with Crippen molar-refractivity contribution in [2.75, 3.05) is 26.1 Å². The van der Waals surface area contributed by atoms with Gasteiger partial charge in [-0.1, -0.05) is 23.2 Å². The lowest BCUT2D eigenvalue weighted by Crippen LogP contribution is -2.36. The first-order valence-electron chi connectivity index (χ1n) is 10.6. The first-order chi connectivity index (χ1) is 17.7. The second-order valence-electron chi connectivity index (χ2n) is 7.55. The maximum Gasteiger partial charge on any atom is 0.339 e. The van der Waals surface area contributed by atoms with Crippen LogP contribution in [0.5, 0.6) is 5.75 Å². The Morgan fingerprint density at radius 2 is 1.86 bits per heavy atom. The molecule has 1 aliphatic heterocycles. The number of furan rings is 1. The predicted molar refractivity (Wildman–Crippen MR) is 140 cm³/mol. The summed E-state index contributed by atoms with van der Waals surface area (Å²) in [7, 11) is 2.72. The summed E-state index contributed by atoms with van der Waals surface area (Å²) >= 11 is 12.8. The van der Waals surface area contributed by atoms with Crippen LogP contribution in [0.25, 0.3) is 17.4 Å². The van der Waals surface area contributed by atoms with Gasteiger partial charge in [0.2, 0.25) is 5.91 Å². The average Bonchev–Trinajstić information content (AvgIpc) is 3.44. The minimum atomic E-state index is -0.674. The van der Waals surface area contributed by atoms with Crippen molar-refractivity contribution in [1.82, 2.24) is 4.90 Å². The molecule has 0 radical (unpaired) electrons. The number of carbonyl (C=O) groups is 4. The molecular formula is C25H18Cl2N2O7S. The summed E-state index contributed by atoms with van der Waals surface area (Å²) in [6.45, 7) is -0.526. The van der Waals surface area contributed by atoms with Crippen LogP contribution in [0.3, 0.4) is 0 Å². The van der Waals surface area contributed by atoms with Gasteiger partial charge in [-0.3, -0.25) is 19.3 Å². The molecule has 37 heavy (non-hydrogen) atoms. The van der Waals surface area contributed by atoms with Gasteiger partial charge in [0, 0.05) is 16.8 Å². The number of amides is 3. The number of nitrogens with zero attached hydrogens (tertiary/aromatic N) is 1. The molecule has 0 atom stereocenters.